The lowest BCUT2D eigenvalue weighted by Gasteiger charge is -2.16. The second kappa shape index (κ2) is 6.07. The number of anilines is 1. The molecule has 24 heavy (non-hydrogen) atoms. The standard InChI is InChI=1S/C17H15F3N2O2/c1-10(12-3-6-14(7-4-12)24-17(18,19)20)21-13-5-8-16-15(9-13)22-11(2)23-16/h3-10,21H,1-2H3/t10-/m0/s1. The van der Waals surface area contributed by atoms with E-state index in [0.717, 1.165) is 16.8 Å². The van der Waals surface area contributed by atoms with Crippen molar-refractivity contribution in [2.45, 2.75) is 26.3 Å². The summed E-state index contributed by atoms with van der Waals surface area (Å²) in [5.41, 5.74) is 3.14. The van der Waals surface area contributed by atoms with E-state index in [9.17, 15) is 13.2 Å². The number of aryl methyl sites for hydroxylation is 1. The van der Waals surface area contributed by atoms with E-state index < -0.39 is 6.36 Å². The Hall–Kier alpha value is -2.70. The highest BCUT2D eigenvalue weighted by Gasteiger charge is 2.31. The van der Waals surface area contributed by atoms with E-state index in [0.29, 0.717) is 11.5 Å². The molecule has 0 bridgehead atoms. The first kappa shape index (κ1) is 16.2. The molecule has 0 amide bonds. The Morgan fingerprint density at radius 2 is 1.83 bits per heavy atom. The van der Waals surface area contributed by atoms with Gasteiger partial charge in [0.2, 0.25) is 0 Å². The minimum atomic E-state index is -4.68. The zero-order chi connectivity index (χ0) is 17.3. The van der Waals surface area contributed by atoms with Crippen molar-refractivity contribution in [3.05, 3.63) is 53.9 Å². The van der Waals surface area contributed by atoms with Crippen LogP contribution in [0.25, 0.3) is 11.1 Å². The summed E-state index contributed by atoms with van der Waals surface area (Å²) in [5, 5.41) is 3.28. The third kappa shape index (κ3) is 3.79. The average Bonchev–Trinajstić information content (AvgIpc) is 2.85. The molecule has 0 saturated carbocycles. The first-order chi connectivity index (χ1) is 11.3. The van der Waals surface area contributed by atoms with E-state index in [2.05, 4.69) is 15.0 Å². The Bertz CT molecular complexity index is 841. The van der Waals surface area contributed by atoms with Crippen LogP contribution in [0, 0.1) is 6.92 Å². The van der Waals surface area contributed by atoms with Crippen LogP contribution in [-0.4, -0.2) is 11.3 Å². The van der Waals surface area contributed by atoms with Crippen molar-refractivity contribution >= 4 is 16.8 Å². The van der Waals surface area contributed by atoms with Gasteiger partial charge in [-0.1, -0.05) is 12.1 Å². The predicted molar refractivity (Wildman–Crippen MR) is 83.9 cm³/mol. The molecule has 0 saturated heterocycles. The fourth-order valence-electron chi connectivity index (χ4n) is 2.42. The number of nitrogens with zero attached hydrogens (tertiary/aromatic N) is 1. The summed E-state index contributed by atoms with van der Waals surface area (Å²) in [6.07, 6.45) is -4.68. The number of halogens is 3. The summed E-state index contributed by atoms with van der Waals surface area (Å²) in [7, 11) is 0. The molecule has 1 aromatic heterocycles. The molecule has 4 nitrogen and oxygen atoms in total. The van der Waals surface area contributed by atoms with E-state index in [-0.39, 0.29) is 11.8 Å². The molecule has 0 aliphatic heterocycles. The molecule has 3 rings (SSSR count). The topological polar surface area (TPSA) is 47.3 Å². The maximum atomic E-state index is 12.2. The Morgan fingerprint density at radius 1 is 1.12 bits per heavy atom. The summed E-state index contributed by atoms with van der Waals surface area (Å²) in [6.45, 7) is 3.69. The molecular weight excluding hydrogens is 321 g/mol. The third-order valence-electron chi connectivity index (χ3n) is 3.49. The summed E-state index contributed by atoms with van der Waals surface area (Å²) < 4.78 is 45.8. The van der Waals surface area contributed by atoms with Crippen molar-refractivity contribution in [1.82, 2.24) is 4.98 Å². The first-order valence-electron chi connectivity index (χ1n) is 7.29. The molecule has 0 aliphatic rings. The van der Waals surface area contributed by atoms with E-state index >= 15 is 0 Å². The predicted octanol–water partition coefficient (Wildman–Crippen LogP) is 5.21. The highest BCUT2D eigenvalue weighted by Crippen LogP contribution is 2.27. The van der Waals surface area contributed by atoms with Gasteiger partial charge in [-0.25, -0.2) is 4.98 Å². The van der Waals surface area contributed by atoms with Crippen molar-refractivity contribution in [3.63, 3.8) is 0 Å². The van der Waals surface area contributed by atoms with Gasteiger partial charge in [0.15, 0.2) is 11.5 Å². The number of ether oxygens (including phenoxy) is 1. The molecule has 7 heteroatoms. The van der Waals surface area contributed by atoms with Crippen LogP contribution in [0.3, 0.4) is 0 Å². The first-order valence-corrected chi connectivity index (χ1v) is 7.29. The molecule has 1 N–H and O–H groups in total. The van der Waals surface area contributed by atoms with E-state index in [1.165, 1.54) is 12.1 Å². The normalized spacial score (nSPS) is 13.0. The van der Waals surface area contributed by atoms with E-state index in [4.69, 9.17) is 4.42 Å². The monoisotopic (exact) mass is 336 g/mol. The largest absolute Gasteiger partial charge is 0.573 e. The highest BCUT2D eigenvalue weighted by molar-refractivity contribution is 5.77. The van der Waals surface area contributed by atoms with Gasteiger partial charge in [-0.3, -0.25) is 0 Å². The van der Waals surface area contributed by atoms with Crippen LogP contribution in [-0.2, 0) is 0 Å². The number of alkyl halides is 3. The lowest BCUT2D eigenvalue weighted by Crippen LogP contribution is -2.17. The van der Waals surface area contributed by atoms with Crippen LogP contribution in [0.15, 0.2) is 46.9 Å². The summed E-state index contributed by atoms with van der Waals surface area (Å²) in [5.74, 6) is 0.355. The Kier molecular flexibility index (Phi) is 4.09. The van der Waals surface area contributed by atoms with Crippen LogP contribution in [0.2, 0.25) is 0 Å². The summed E-state index contributed by atoms with van der Waals surface area (Å²) >= 11 is 0. The number of hydrogen-bond acceptors (Lipinski definition) is 4. The number of nitrogens with one attached hydrogen (secondary N) is 1. The maximum Gasteiger partial charge on any atom is 0.573 e. The van der Waals surface area contributed by atoms with Gasteiger partial charge in [0, 0.05) is 18.7 Å². The second-order valence-electron chi connectivity index (χ2n) is 5.40. The lowest BCUT2D eigenvalue weighted by molar-refractivity contribution is -0.274. The van der Waals surface area contributed by atoms with E-state index in [1.807, 2.05) is 25.1 Å². The molecule has 0 spiro atoms. The van der Waals surface area contributed by atoms with Crippen LogP contribution in [0.4, 0.5) is 18.9 Å². The van der Waals surface area contributed by atoms with Gasteiger partial charge in [-0.05, 0) is 42.8 Å². The van der Waals surface area contributed by atoms with Crippen molar-refractivity contribution < 1.29 is 22.3 Å². The third-order valence-corrected chi connectivity index (χ3v) is 3.49. The minimum Gasteiger partial charge on any atom is -0.441 e. The SMILES string of the molecule is Cc1nc2cc(N[C@@H](C)c3ccc(OC(F)(F)F)cc3)ccc2o1. The second-order valence-corrected chi connectivity index (χ2v) is 5.40. The van der Waals surface area contributed by atoms with Gasteiger partial charge >= 0.3 is 6.36 Å². The molecule has 0 aliphatic carbocycles. The number of hydrogen-bond donors (Lipinski definition) is 1. The van der Waals surface area contributed by atoms with Gasteiger partial charge < -0.3 is 14.5 Å². The average molecular weight is 336 g/mol. The maximum absolute atomic E-state index is 12.2. The highest BCUT2D eigenvalue weighted by atomic mass is 19.4. The zero-order valence-corrected chi connectivity index (χ0v) is 13.0. The van der Waals surface area contributed by atoms with Crippen LogP contribution < -0.4 is 10.1 Å². The molecule has 1 atom stereocenters. The summed E-state index contributed by atoms with van der Waals surface area (Å²) in [6, 6.07) is 11.2. The Labute approximate surface area is 136 Å². The van der Waals surface area contributed by atoms with Gasteiger partial charge in [-0.2, -0.15) is 0 Å². The lowest BCUT2D eigenvalue weighted by atomic mass is 10.1. The molecule has 1 heterocycles. The van der Waals surface area contributed by atoms with Crippen molar-refractivity contribution in [2.24, 2.45) is 0 Å². The van der Waals surface area contributed by atoms with Crippen molar-refractivity contribution in [1.29, 1.82) is 0 Å². The fourth-order valence-corrected chi connectivity index (χ4v) is 2.42. The van der Waals surface area contributed by atoms with Gasteiger partial charge in [0.05, 0.1) is 0 Å². The number of fused-ring (bicyclic) bond motifs is 1. The smallest absolute Gasteiger partial charge is 0.441 e. The van der Waals surface area contributed by atoms with Crippen molar-refractivity contribution in [2.75, 3.05) is 5.32 Å². The van der Waals surface area contributed by atoms with Gasteiger partial charge in [0.25, 0.3) is 0 Å². The van der Waals surface area contributed by atoms with E-state index in [1.54, 1.807) is 19.1 Å². The number of rotatable bonds is 4. The molecule has 126 valence electrons. The zero-order valence-electron chi connectivity index (χ0n) is 13.0. The molecule has 0 radical (unpaired) electrons. The summed E-state index contributed by atoms with van der Waals surface area (Å²) in [4.78, 5) is 4.27. The molecular formula is C17H15F3N2O2. The molecule has 0 unspecified atom stereocenters. The van der Waals surface area contributed by atoms with Crippen LogP contribution >= 0.6 is 0 Å². The molecule has 2 aromatic carbocycles. The Morgan fingerprint density at radius 3 is 2.50 bits per heavy atom. The number of benzene rings is 2. The molecule has 3 aromatic rings. The van der Waals surface area contributed by atoms with Crippen LogP contribution in [0.5, 0.6) is 5.75 Å². The quantitative estimate of drug-likeness (QED) is 0.711. The fraction of sp³-hybridized carbons (Fsp3) is 0.235. The van der Waals surface area contributed by atoms with Crippen LogP contribution in [0.1, 0.15) is 24.4 Å². The Balaban J connectivity index is 1.72. The number of aromatic nitrogens is 1. The van der Waals surface area contributed by atoms with Gasteiger partial charge in [-0.15, -0.1) is 13.2 Å². The molecule has 0 fully saturated rings. The number of oxazole rings is 1. The van der Waals surface area contributed by atoms with Crippen molar-refractivity contribution in [3.8, 4) is 5.75 Å². The minimum absolute atomic E-state index is 0.101. The van der Waals surface area contributed by atoms with Gasteiger partial charge in [0.1, 0.15) is 11.3 Å².